The van der Waals surface area contributed by atoms with Crippen LogP contribution in [0.3, 0.4) is 0 Å². The quantitative estimate of drug-likeness (QED) is 0.585. The van der Waals surface area contributed by atoms with Crippen molar-refractivity contribution in [1.82, 2.24) is 4.98 Å². The number of hydrogen-bond donors (Lipinski definition) is 0. The number of alkyl halides is 2. The molecule has 6 heteroatoms. The number of halogens is 2. The summed E-state index contributed by atoms with van der Waals surface area (Å²) >= 11 is 1.39. The third-order valence-corrected chi connectivity index (χ3v) is 4.50. The van der Waals surface area contributed by atoms with Gasteiger partial charge in [-0.1, -0.05) is 23.6 Å². The minimum absolute atomic E-state index is 0.00462. The number of fused-ring (bicyclic) bond motifs is 1. The minimum Gasteiger partial charge on any atom is -0.395 e. The van der Waals surface area contributed by atoms with Crippen LogP contribution in [0.25, 0.3) is 10.6 Å². The third-order valence-electron chi connectivity index (χ3n) is 3.54. The van der Waals surface area contributed by atoms with Crippen LogP contribution in [-0.2, 0) is 0 Å². The molecule has 0 radical (unpaired) electrons. The number of aryl methyl sites for hydroxylation is 1. The Bertz CT molecular complexity index is 1000. The van der Waals surface area contributed by atoms with Crippen molar-refractivity contribution in [3.8, 4) is 33.9 Å². The van der Waals surface area contributed by atoms with Crippen molar-refractivity contribution in [2.24, 2.45) is 0 Å². The maximum atomic E-state index is 13.1. The summed E-state index contributed by atoms with van der Waals surface area (Å²) in [6.45, 7) is 2.02. The summed E-state index contributed by atoms with van der Waals surface area (Å²) in [4.78, 5) is 5.10. The molecule has 2 aromatic carbocycles. The highest BCUT2D eigenvalue weighted by molar-refractivity contribution is 7.15. The lowest BCUT2D eigenvalue weighted by Gasteiger charge is -2.04. The molecule has 0 atom stereocenters. The molecule has 124 valence electrons. The molecule has 0 spiro atoms. The van der Waals surface area contributed by atoms with Gasteiger partial charge in [0.2, 0.25) is 0 Å². The topological polar surface area (TPSA) is 31.4 Å². The number of rotatable bonds is 1. The molecule has 3 aromatic rings. The van der Waals surface area contributed by atoms with Gasteiger partial charge < -0.3 is 9.47 Å². The first-order valence-electron chi connectivity index (χ1n) is 7.43. The summed E-state index contributed by atoms with van der Waals surface area (Å²) in [6.07, 6.45) is -1.95. The van der Waals surface area contributed by atoms with Crippen LogP contribution in [0, 0.1) is 18.8 Å². The normalized spacial score (nSPS) is 14.0. The van der Waals surface area contributed by atoms with Gasteiger partial charge in [0, 0.05) is 11.1 Å². The van der Waals surface area contributed by atoms with Crippen molar-refractivity contribution in [1.29, 1.82) is 0 Å². The summed E-state index contributed by atoms with van der Waals surface area (Å²) in [5.74, 6) is 6.17. The fourth-order valence-electron chi connectivity index (χ4n) is 2.32. The number of nitrogens with zero attached hydrogens (tertiary/aromatic N) is 1. The first-order valence-corrected chi connectivity index (χ1v) is 8.25. The van der Waals surface area contributed by atoms with Gasteiger partial charge in [0.05, 0.1) is 11.1 Å². The van der Waals surface area contributed by atoms with E-state index >= 15 is 0 Å². The lowest BCUT2D eigenvalue weighted by Crippen LogP contribution is -2.25. The third kappa shape index (κ3) is 3.32. The Labute approximate surface area is 146 Å². The van der Waals surface area contributed by atoms with E-state index in [1.807, 2.05) is 31.2 Å². The molecule has 0 saturated carbocycles. The summed E-state index contributed by atoms with van der Waals surface area (Å²) in [7, 11) is 0. The van der Waals surface area contributed by atoms with E-state index in [0.717, 1.165) is 10.4 Å². The fraction of sp³-hybridized carbons (Fsp3) is 0.105. The standard InChI is InChI=1S/C19H11F2NO2S/c1-12-2-4-13(5-3-12)6-8-15-11-22-18(25-15)14-7-9-16-17(10-14)24-19(20,21)23-16/h2-5,7,9-11H,1H3. The van der Waals surface area contributed by atoms with E-state index in [2.05, 4.69) is 26.3 Å². The molecular weight excluding hydrogens is 344 g/mol. The average molecular weight is 355 g/mol. The smallest absolute Gasteiger partial charge is 0.395 e. The lowest BCUT2D eigenvalue weighted by molar-refractivity contribution is -0.286. The molecule has 0 aliphatic carbocycles. The van der Waals surface area contributed by atoms with Gasteiger partial charge in [-0.15, -0.1) is 20.1 Å². The van der Waals surface area contributed by atoms with Crippen LogP contribution in [0.1, 0.15) is 16.0 Å². The van der Waals surface area contributed by atoms with Crippen molar-refractivity contribution in [2.75, 3.05) is 0 Å². The van der Waals surface area contributed by atoms with Crippen LogP contribution in [0.4, 0.5) is 8.78 Å². The van der Waals surface area contributed by atoms with Gasteiger partial charge in [-0.05, 0) is 43.2 Å². The van der Waals surface area contributed by atoms with Crippen LogP contribution in [0.2, 0.25) is 0 Å². The fourth-order valence-corrected chi connectivity index (χ4v) is 3.08. The summed E-state index contributed by atoms with van der Waals surface area (Å²) in [6, 6.07) is 12.5. The Morgan fingerprint density at radius 2 is 1.76 bits per heavy atom. The molecule has 0 unspecified atom stereocenters. The van der Waals surface area contributed by atoms with Crippen molar-refractivity contribution in [2.45, 2.75) is 13.2 Å². The Kier molecular flexibility index (Phi) is 3.66. The predicted octanol–water partition coefficient (Wildman–Crippen LogP) is 4.84. The maximum absolute atomic E-state index is 13.1. The molecule has 1 aromatic heterocycles. The van der Waals surface area contributed by atoms with Gasteiger partial charge in [0.25, 0.3) is 0 Å². The van der Waals surface area contributed by atoms with Gasteiger partial charge in [-0.25, -0.2) is 4.98 Å². The Morgan fingerprint density at radius 1 is 1.00 bits per heavy atom. The van der Waals surface area contributed by atoms with Crippen molar-refractivity contribution < 1.29 is 18.3 Å². The summed E-state index contributed by atoms with van der Waals surface area (Å²) < 4.78 is 35.0. The van der Waals surface area contributed by atoms with Crippen molar-refractivity contribution in [3.63, 3.8) is 0 Å². The SMILES string of the molecule is Cc1ccc(C#Cc2cnc(-c3ccc4c(c3)OC(F)(F)O4)s2)cc1. The van der Waals surface area contributed by atoms with Crippen LogP contribution >= 0.6 is 11.3 Å². The van der Waals surface area contributed by atoms with Crippen LogP contribution in [0.15, 0.2) is 48.7 Å². The summed E-state index contributed by atoms with van der Waals surface area (Å²) in [5.41, 5.74) is 2.78. The zero-order valence-electron chi connectivity index (χ0n) is 13.0. The Balaban J connectivity index is 1.58. The van der Waals surface area contributed by atoms with E-state index in [4.69, 9.17) is 0 Å². The van der Waals surface area contributed by atoms with E-state index in [9.17, 15) is 8.78 Å². The second-order valence-corrected chi connectivity index (χ2v) is 6.51. The minimum atomic E-state index is -3.62. The Hall–Kier alpha value is -2.91. The highest BCUT2D eigenvalue weighted by Gasteiger charge is 2.43. The second kappa shape index (κ2) is 5.87. The number of hydrogen-bond acceptors (Lipinski definition) is 4. The van der Waals surface area contributed by atoms with E-state index < -0.39 is 6.29 Å². The largest absolute Gasteiger partial charge is 0.586 e. The summed E-state index contributed by atoms with van der Waals surface area (Å²) in [5, 5.41) is 0.676. The van der Waals surface area contributed by atoms with E-state index in [0.29, 0.717) is 10.6 Å². The van der Waals surface area contributed by atoms with Crippen LogP contribution < -0.4 is 9.47 Å². The van der Waals surface area contributed by atoms with E-state index in [1.165, 1.54) is 29.0 Å². The van der Waals surface area contributed by atoms with Crippen molar-refractivity contribution >= 4 is 11.3 Å². The van der Waals surface area contributed by atoms with E-state index in [1.54, 1.807) is 12.3 Å². The first kappa shape index (κ1) is 15.6. The monoisotopic (exact) mass is 355 g/mol. The molecule has 0 N–H and O–H groups in total. The van der Waals surface area contributed by atoms with Gasteiger partial charge in [-0.2, -0.15) is 0 Å². The molecule has 1 aliphatic rings. The number of thiazole rings is 1. The van der Waals surface area contributed by atoms with E-state index in [-0.39, 0.29) is 11.5 Å². The molecule has 2 heterocycles. The van der Waals surface area contributed by atoms with Gasteiger partial charge in [0.15, 0.2) is 11.5 Å². The zero-order valence-corrected chi connectivity index (χ0v) is 13.9. The number of benzene rings is 2. The zero-order chi connectivity index (χ0) is 17.4. The molecule has 1 aliphatic heterocycles. The molecule has 3 nitrogen and oxygen atoms in total. The van der Waals surface area contributed by atoms with Crippen LogP contribution in [-0.4, -0.2) is 11.3 Å². The average Bonchev–Trinajstić information content (AvgIpc) is 3.16. The number of ether oxygens (including phenoxy) is 2. The van der Waals surface area contributed by atoms with Gasteiger partial charge in [-0.3, -0.25) is 0 Å². The molecular formula is C19H11F2NO2S. The van der Waals surface area contributed by atoms with Crippen molar-refractivity contribution in [3.05, 3.63) is 64.7 Å². The molecule has 0 fully saturated rings. The molecule has 0 saturated heterocycles. The first-order chi connectivity index (χ1) is 12.0. The molecule has 4 rings (SSSR count). The second-order valence-electron chi connectivity index (χ2n) is 5.47. The maximum Gasteiger partial charge on any atom is 0.586 e. The Morgan fingerprint density at radius 3 is 2.56 bits per heavy atom. The highest BCUT2D eigenvalue weighted by atomic mass is 32.1. The lowest BCUT2D eigenvalue weighted by atomic mass is 10.1. The predicted molar refractivity (Wildman–Crippen MR) is 90.9 cm³/mol. The molecule has 0 bridgehead atoms. The molecule has 25 heavy (non-hydrogen) atoms. The number of aromatic nitrogens is 1. The van der Waals surface area contributed by atoms with Gasteiger partial charge in [0.1, 0.15) is 5.01 Å². The highest BCUT2D eigenvalue weighted by Crippen LogP contribution is 2.43. The van der Waals surface area contributed by atoms with Gasteiger partial charge >= 0.3 is 6.29 Å². The molecule has 0 amide bonds. The van der Waals surface area contributed by atoms with Crippen LogP contribution in [0.5, 0.6) is 11.5 Å².